The molecule has 10 heteroatoms. The first kappa shape index (κ1) is 26.2. The number of piperidine rings is 1. The van der Waals surface area contributed by atoms with Crippen LogP contribution in [-0.2, 0) is 20.1 Å². The molecule has 1 N–H and O–H groups in total. The van der Waals surface area contributed by atoms with Crippen molar-refractivity contribution in [1.82, 2.24) is 4.90 Å². The van der Waals surface area contributed by atoms with Gasteiger partial charge in [0.1, 0.15) is 0 Å². The predicted octanol–water partition coefficient (Wildman–Crippen LogP) is 5.37. The maximum atomic E-state index is 13.9. The monoisotopic (exact) mass is 524 g/mol. The predicted molar refractivity (Wildman–Crippen MR) is 131 cm³/mol. The van der Waals surface area contributed by atoms with Gasteiger partial charge in [0.25, 0.3) is 0 Å². The van der Waals surface area contributed by atoms with Crippen molar-refractivity contribution in [1.29, 1.82) is 0 Å². The molecule has 0 saturated carbocycles. The summed E-state index contributed by atoms with van der Waals surface area (Å²) in [7, 11) is -2.63. The van der Waals surface area contributed by atoms with Gasteiger partial charge in [0.15, 0.2) is 0 Å². The van der Waals surface area contributed by atoms with Crippen LogP contribution in [0.4, 0.5) is 0 Å². The van der Waals surface area contributed by atoms with Crippen LogP contribution in [0, 0.1) is 5.41 Å². The molecule has 3 rings (SSSR count). The standard InChI is InChI=1S/C24H26Cl2N2O5S/c1-3-19(14-27-34(32)33)28-22(15-7-9-17(25)10-8-15)20(16-5-4-6-18(26)11-16)12-24(2,23(28)31)13-21(29)30/h4-11,19-20,22H,3,12-14H2,1-2H3,(H,29,30)/t19?,20-,22-,24-/m1/s1. The summed E-state index contributed by atoms with van der Waals surface area (Å²) in [6, 6.07) is 13.4. The van der Waals surface area contributed by atoms with Crippen LogP contribution in [0.3, 0.4) is 0 Å². The number of halogens is 2. The van der Waals surface area contributed by atoms with Crippen molar-refractivity contribution in [2.75, 3.05) is 6.54 Å². The Morgan fingerprint density at radius 1 is 1.18 bits per heavy atom. The van der Waals surface area contributed by atoms with Gasteiger partial charge in [-0.1, -0.05) is 61.3 Å². The fraction of sp³-hybridized carbons (Fsp3) is 0.417. The van der Waals surface area contributed by atoms with Gasteiger partial charge in [-0.3, -0.25) is 9.59 Å². The second-order valence-corrected chi connectivity index (χ2v) is 10.4. The second-order valence-electron chi connectivity index (χ2n) is 8.80. The van der Waals surface area contributed by atoms with Gasteiger partial charge in [-0.05, 0) is 48.2 Å². The molecule has 1 aliphatic rings. The lowest BCUT2D eigenvalue weighted by molar-refractivity contribution is -0.160. The molecule has 1 fully saturated rings. The van der Waals surface area contributed by atoms with Crippen molar-refractivity contribution < 1.29 is 23.1 Å². The molecule has 2 aromatic rings. The molecule has 4 atom stereocenters. The van der Waals surface area contributed by atoms with Gasteiger partial charge >= 0.3 is 16.5 Å². The van der Waals surface area contributed by atoms with Gasteiger partial charge in [0.2, 0.25) is 5.91 Å². The van der Waals surface area contributed by atoms with E-state index < -0.39 is 34.0 Å². The summed E-state index contributed by atoms with van der Waals surface area (Å²) in [5, 5.41) is 10.7. The average molecular weight is 525 g/mol. The number of amides is 1. The van der Waals surface area contributed by atoms with Crippen LogP contribution in [-0.4, -0.2) is 42.9 Å². The SMILES string of the molecule is CCC(CN=S(=O)=O)N1C(=O)[C@@](C)(CC(=O)O)C[C@H](c2cccc(Cl)c2)[C@H]1c1ccc(Cl)cc1. The fourth-order valence-electron chi connectivity index (χ4n) is 4.84. The molecule has 1 amide bonds. The molecular formula is C24H26Cl2N2O5S. The number of benzene rings is 2. The van der Waals surface area contributed by atoms with Gasteiger partial charge in [0, 0.05) is 16.0 Å². The summed E-state index contributed by atoms with van der Waals surface area (Å²) >= 11 is 12.4. The van der Waals surface area contributed by atoms with Crippen LogP contribution in [0.5, 0.6) is 0 Å². The largest absolute Gasteiger partial charge is 0.481 e. The minimum Gasteiger partial charge on any atom is -0.481 e. The summed E-state index contributed by atoms with van der Waals surface area (Å²) in [4.78, 5) is 27.3. The molecule has 0 spiro atoms. The van der Waals surface area contributed by atoms with Gasteiger partial charge in [-0.15, -0.1) is 0 Å². The highest BCUT2D eigenvalue weighted by molar-refractivity contribution is 7.61. The van der Waals surface area contributed by atoms with Crippen molar-refractivity contribution >= 4 is 45.6 Å². The first-order valence-electron chi connectivity index (χ1n) is 10.9. The van der Waals surface area contributed by atoms with Crippen LogP contribution in [0.25, 0.3) is 0 Å². The Morgan fingerprint density at radius 2 is 1.85 bits per heavy atom. The maximum absolute atomic E-state index is 13.9. The molecule has 0 aliphatic carbocycles. The van der Waals surface area contributed by atoms with E-state index in [1.165, 1.54) is 0 Å². The number of aliphatic carboxylic acids is 1. The Labute approximate surface area is 210 Å². The highest BCUT2D eigenvalue weighted by Crippen LogP contribution is 2.52. The Bertz CT molecular complexity index is 1190. The molecule has 1 aliphatic heterocycles. The number of hydrogen-bond donors (Lipinski definition) is 1. The number of carboxylic acids is 1. The van der Waals surface area contributed by atoms with E-state index in [0.29, 0.717) is 16.5 Å². The fourth-order valence-corrected chi connectivity index (χ4v) is 5.46. The number of likely N-dealkylation sites (tertiary alicyclic amines) is 1. The molecule has 7 nitrogen and oxygen atoms in total. The van der Waals surface area contributed by atoms with E-state index >= 15 is 0 Å². The van der Waals surface area contributed by atoms with E-state index in [-0.39, 0.29) is 31.2 Å². The van der Waals surface area contributed by atoms with Gasteiger partial charge in [-0.25, -0.2) is 0 Å². The number of nitrogens with zero attached hydrogens (tertiary/aromatic N) is 2. The van der Waals surface area contributed by atoms with Crippen LogP contribution in [0.2, 0.25) is 10.0 Å². The average Bonchev–Trinajstić information content (AvgIpc) is 2.77. The minimum atomic E-state index is -2.63. The molecule has 34 heavy (non-hydrogen) atoms. The van der Waals surface area contributed by atoms with E-state index in [2.05, 4.69) is 4.36 Å². The van der Waals surface area contributed by atoms with E-state index in [1.807, 2.05) is 37.3 Å². The number of carboxylic acid groups (broad SMARTS) is 1. The van der Waals surface area contributed by atoms with Crippen molar-refractivity contribution in [3.05, 3.63) is 69.7 Å². The maximum Gasteiger partial charge on any atom is 0.311 e. The molecule has 0 aromatic heterocycles. The zero-order chi connectivity index (χ0) is 25.0. The molecule has 2 aromatic carbocycles. The Hall–Kier alpha value is -2.42. The lowest BCUT2D eigenvalue weighted by Gasteiger charge is -2.51. The summed E-state index contributed by atoms with van der Waals surface area (Å²) in [6.45, 7) is 3.38. The highest BCUT2D eigenvalue weighted by atomic mass is 35.5. The van der Waals surface area contributed by atoms with Crippen molar-refractivity contribution in [3.8, 4) is 0 Å². The number of carbonyl (C=O) groups excluding carboxylic acids is 1. The number of rotatable bonds is 8. The molecule has 182 valence electrons. The molecule has 1 unspecified atom stereocenters. The van der Waals surface area contributed by atoms with Crippen LogP contribution >= 0.6 is 23.2 Å². The van der Waals surface area contributed by atoms with Gasteiger partial charge in [0.05, 0.1) is 30.5 Å². The van der Waals surface area contributed by atoms with Crippen LogP contribution in [0.1, 0.15) is 56.2 Å². The smallest absolute Gasteiger partial charge is 0.311 e. The first-order valence-corrected chi connectivity index (χ1v) is 12.7. The normalized spacial score (nSPS) is 23.4. The lowest BCUT2D eigenvalue weighted by Crippen LogP contribution is -2.56. The van der Waals surface area contributed by atoms with E-state index in [1.54, 1.807) is 30.0 Å². The summed E-state index contributed by atoms with van der Waals surface area (Å²) in [5.41, 5.74) is 0.466. The molecule has 0 radical (unpaired) electrons. The van der Waals surface area contributed by atoms with Crippen LogP contribution in [0.15, 0.2) is 52.9 Å². The minimum absolute atomic E-state index is 0.117. The topological polar surface area (TPSA) is 104 Å². The van der Waals surface area contributed by atoms with Crippen LogP contribution < -0.4 is 0 Å². The third-order valence-electron chi connectivity index (χ3n) is 6.39. The van der Waals surface area contributed by atoms with Gasteiger partial charge in [-0.2, -0.15) is 12.8 Å². The summed E-state index contributed by atoms with van der Waals surface area (Å²) in [5.74, 6) is -1.72. The number of carbonyl (C=O) groups is 2. The second kappa shape index (κ2) is 10.9. The third kappa shape index (κ3) is 5.79. The Kier molecular flexibility index (Phi) is 8.38. The molecule has 0 bridgehead atoms. The van der Waals surface area contributed by atoms with E-state index in [4.69, 9.17) is 23.2 Å². The number of hydrogen-bond acceptors (Lipinski definition) is 5. The van der Waals surface area contributed by atoms with Crippen molar-refractivity contribution in [3.63, 3.8) is 0 Å². The first-order chi connectivity index (χ1) is 16.1. The van der Waals surface area contributed by atoms with Gasteiger partial charge < -0.3 is 10.0 Å². The van der Waals surface area contributed by atoms with E-state index in [9.17, 15) is 23.1 Å². The summed E-state index contributed by atoms with van der Waals surface area (Å²) < 4.78 is 26.0. The molecular weight excluding hydrogens is 499 g/mol. The Balaban J connectivity index is 2.25. The van der Waals surface area contributed by atoms with E-state index in [0.717, 1.165) is 11.1 Å². The molecule has 1 saturated heterocycles. The van der Waals surface area contributed by atoms with Crippen molar-refractivity contribution in [2.24, 2.45) is 9.78 Å². The van der Waals surface area contributed by atoms with Crippen molar-refractivity contribution in [2.45, 2.75) is 51.1 Å². The Morgan fingerprint density at radius 3 is 2.41 bits per heavy atom. The lowest BCUT2D eigenvalue weighted by atomic mass is 9.67. The zero-order valence-corrected chi connectivity index (χ0v) is 21.1. The zero-order valence-electron chi connectivity index (χ0n) is 18.8. The summed E-state index contributed by atoms with van der Waals surface area (Å²) in [6.07, 6.45) is 0.360. The highest BCUT2D eigenvalue weighted by Gasteiger charge is 2.52. The quantitative estimate of drug-likeness (QED) is 0.499. The molecule has 1 heterocycles. The third-order valence-corrected chi connectivity index (χ3v) is 7.23.